The second kappa shape index (κ2) is 6.46. The zero-order valence-electron chi connectivity index (χ0n) is 11.9. The lowest BCUT2D eigenvalue weighted by Crippen LogP contribution is -2.38. The summed E-state index contributed by atoms with van der Waals surface area (Å²) in [6, 6.07) is 0. The van der Waals surface area contributed by atoms with Gasteiger partial charge < -0.3 is 14.6 Å². The first-order valence-electron chi connectivity index (χ1n) is 7.13. The predicted octanol–water partition coefficient (Wildman–Crippen LogP) is 2.40. The molecule has 0 radical (unpaired) electrons. The van der Waals surface area contributed by atoms with Crippen molar-refractivity contribution in [2.75, 3.05) is 5.75 Å². The molecule has 0 aromatic rings. The third kappa shape index (κ3) is 3.86. The van der Waals surface area contributed by atoms with Gasteiger partial charge in [-0.3, -0.25) is 0 Å². The van der Waals surface area contributed by atoms with Crippen molar-refractivity contribution in [2.45, 2.75) is 57.9 Å². The number of carbonyl (C=O) groups is 1. The SMILES string of the molecule is CC(C)C1CC[C@@H](C)C[C@H]1OC(=O)[C@@H]1O[C@@H](O)CS1. The molecule has 1 unspecified atom stereocenters. The third-order valence-electron chi connectivity index (χ3n) is 4.09. The van der Waals surface area contributed by atoms with Crippen molar-refractivity contribution >= 4 is 17.7 Å². The quantitative estimate of drug-likeness (QED) is 0.808. The van der Waals surface area contributed by atoms with Crippen LogP contribution in [0.4, 0.5) is 0 Å². The van der Waals surface area contributed by atoms with Gasteiger partial charge in [0.15, 0.2) is 6.29 Å². The van der Waals surface area contributed by atoms with E-state index in [4.69, 9.17) is 9.47 Å². The number of hydrogen-bond donors (Lipinski definition) is 1. The maximum absolute atomic E-state index is 12.1. The highest BCUT2D eigenvalue weighted by atomic mass is 32.2. The van der Waals surface area contributed by atoms with Gasteiger partial charge in [-0.1, -0.05) is 27.2 Å². The van der Waals surface area contributed by atoms with Gasteiger partial charge in [0.25, 0.3) is 0 Å². The van der Waals surface area contributed by atoms with Gasteiger partial charge in [0.1, 0.15) is 6.10 Å². The summed E-state index contributed by atoms with van der Waals surface area (Å²) in [6.07, 6.45) is 2.43. The summed E-state index contributed by atoms with van der Waals surface area (Å²) in [4.78, 5) is 12.1. The van der Waals surface area contributed by atoms with Crippen molar-refractivity contribution in [2.24, 2.45) is 17.8 Å². The highest BCUT2D eigenvalue weighted by Crippen LogP contribution is 2.36. The molecular weight excluding hydrogens is 264 g/mol. The van der Waals surface area contributed by atoms with Gasteiger partial charge in [-0.25, -0.2) is 4.79 Å². The molecule has 0 spiro atoms. The van der Waals surface area contributed by atoms with Crippen LogP contribution in [0.2, 0.25) is 0 Å². The number of esters is 1. The number of ether oxygens (including phenoxy) is 2. The first kappa shape index (κ1) is 15.1. The van der Waals surface area contributed by atoms with Gasteiger partial charge in [-0.2, -0.15) is 0 Å². The first-order chi connectivity index (χ1) is 8.97. The Labute approximate surface area is 119 Å². The van der Waals surface area contributed by atoms with Crippen LogP contribution in [0.15, 0.2) is 0 Å². The zero-order chi connectivity index (χ0) is 14.0. The average molecular weight is 288 g/mol. The van der Waals surface area contributed by atoms with Crippen molar-refractivity contribution in [1.82, 2.24) is 0 Å². The fourth-order valence-electron chi connectivity index (χ4n) is 2.97. The summed E-state index contributed by atoms with van der Waals surface area (Å²) >= 11 is 1.31. The number of rotatable bonds is 3. The molecule has 19 heavy (non-hydrogen) atoms. The summed E-state index contributed by atoms with van der Waals surface area (Å²) in [5, 5.41) is 9.29. The molecule has 0 bridgehead atoms. The number of aliphatic hydroxyl groups excluding tert-OH is 1. The first-order valence-corrected chi connectivity index (χ1v) is 8.18. The monoisotopic (exact) mass is 288 g/mol. The van der Waals surface area contributed by atoms with E-state index < -0.39 is 11.7 Å². The Morgan fingerprint density at radius 2 is 2.16 bits per heavy atom. The molecule has 1 heterocycles. The largest absolute Gasteiger partial charge is 0.459 e. The number of thioether (sulfide) groups is 1. The molecule has 5 heteroatoms. The van der Waals surface area contributed by atoms with Gasteiger partial charge in [0.05, 0.1) is 0 Å². The van der Waals surface area contributed by atoms with Crippen LogP contribution in [-0.2, 0) is 14.3 Å². The van der Waals surface area contributed by atoms with Crippen molar-refractivity contribution in [3.05, 3.63) is 0 Å². The Morgan fingerprint density at radius 1 is 1.42 bits per heavy atom. The van der Waals surface area contributed by atoms with Gasteiger partial charge in [0, 0.05) is 5.75 Å². The van der Waals surface area contributed by atoms with E-state index in [9.17, 15) is 9.90 Å². The number of hydrogen-bond acceptors (Lipinski definition) is 5. The van der Waals surface area contributed by atoms with E-state index in [0.29, 0.717) is 23.5 Å². The van der Waals surface area contributed by atoms with Crippen LogP contribution in [0, 0.1) is 17.8 Å². The van der Waals surface area contributed by atoms with Crippen molar-refractivity contribution < 1.29 is 19.4 Å². The standard InChI is InChI=1S/C14H24O4S/c1-8(2)10-5-4-9(3)6-11(10)17-13(16)14-18-12(15)7-19-14/h8-12,14-15H,4-7H2,1-3H3/t9-,10?,11-,12-,14-/m1/s1. The molecule has 0 aromatic carbocycles. The van der Waals surface area contributed by atoms with E-state index >= 15 is 0 Å². The van der Waals surface area contributed by atoms with Crippen molar-refractivity contribution in [3.8, 4) is 0 Å². The summed E-state index contributed by atoms with van der Waals surface area (Å²) < 4.78 is 10.8. The molecule has 4 nitrogen and oxygen atoms in total. The fraction of sp³-hybridized carbons (Fsp3) is 0.929. The van der Waals surface area contributed by atoms with Gasteiger partial charge >= 0.3 is 5.97 Å². The summed E-state index contributed by atoms with van der Waals surface area (Å²) in [6.45, 7) is 6.58. The molecule has 2 rings (SSSR count). The molecule has 1 aliphatic carbocycles. The molecule has 1 saturated carbocycles. The minimum absolute atomic E-state index is 0.00167. The van der Waals surface area contributed by atoms with Gasteiger partial charge in [0.2, 0.25) is 5.44 Å². The zero-order valence-corrected chi connectivity index (χ0v) is 12.7. The molecule has 1 aliphatic heterocycles. The van der Waals surface area contributed by atoms with E-state index in [1.807, 2.05) is 0 Å². The average Bonchev–Trinajstić information content (AvgIpc) is 2.75. The number of aliphatic hydroxyl groups is 1. The van der Waals surface area contributed by atoms with Crippen LogP contribution in [0.5, 0.6) is 0 Å². The molecule has 2 aliphatic rings. The van der Waals surface area contributed by atoms with Crippen LogP contribution in [0.1, 0.15) is 40.0 Å². The summed E-state index contributed by atoms with van der Waals surface area (Å²) in [5.74, 6) is 1.68. The predicted molar refractivity (Wildman–Crippen MR) is 74.6 cm³/mol. The van der Waals surface area contributed by atoms with Gasteiger partial charge in [-0.15, -0.1) is 11.8 Å². The molecular formula is C14H24O4S. The summed E-state index contributed by atoms with van der Waals surface area (Å²) in [5.41, 5.74) is -0.653. The van der Waals surface area contributed by atoms with Crippen LogP contribution >= 0.6 is 11.8 Å². The lowest BCUT2D eigenvalue weighted by atomic mass is 9.75. The highest BCUT2D eigenvalue weighted by molar-refractivity contribution is 8.00. The van der Waals surface area contributed by atoms with Crippen LogP contribution < -0.4 is 0 Å². The second-order valence-electron chi connectivity index (χ2n) is 6.06. The normalized spacial score (nSPS) is 39.5. The lowest BCUT2D eigenvalue weighted by molar-refractivity contribution is -0.172. The van der Waals surface area contributed by atoms with Crippen molar-refractivity contribution in [3.63, 3.8) is 0 Å². The minimum Gasteiger partial charge on any atom is -0.459 e. The molecule has 2 fully saturated rings. The summed E-state index contributed by atoms with van der Waals surface area (Å²) in [7, 11) is 0. The molecule has 1 saturated heterocycles. The maximum atomic E-state index is 12.1. The molecule has 5 atom stereocenters. The Bertz CT molecular complexity index is 321. The Hall–Kier alpha value is -0.260. The molecule has 0 aromatic heterocycles. The molecule has 110 valence electrons. The topological polar surface area (TPSA) is 55.8 Å². The Morgan fingerprint density at radius 3 is 2.74 bits per heavy atom. The minimum atomic E-state index is -0.839. The van der Waals surface area contributed by atoms with Crippen LogP contribution in [-0.4, -0.2) is 34.7 Å². The van der Waals surface area contributed by atoms with E-state index in [1.54, 1.807) is 0 Å². The van der Waals surface area contributed by atoms with E-state index in [-0.39, 0.29) is 12.1 Å². The van der Waals surface area contributed by atoms with Gasteiger partial charge in [-0.05, 0) is 30.6 Å². The van der Waals surface area contributed by atoms with Crippen LogP contribution in [0.3, 0.4) is 0 Å². The maximum Gasteiger partial charge on any atom is 0.346 e. The second-order valence-corrected chi connectivity index (χ2v) is 7.15. The lowest BCUT2D eigenvalue weighted by Gasteiger charge is -2.37. The van der Waals surface area contributed by atoms with Crippen LogP contribution in [0.25, 0.3) is 0 Å². The number of carbonyl (C=O) groups excluding carboxylic acids is 1. The fourth-order valence-corrected chi connectivity index (χ4v) is 3.79. The van der Waals surface area contributed by atoms with E-state index in [1.165, 1.54) is 18.2 Å². The Balaban J connectivity index is 1.92. The molecule has 0 amide bonds. The Kier molecular flexibility index (Phi) is 5.15. The molecule has 1 N–H and O–H groups in total. The highest BCUT2D eigenvalue weighted by Gasteiger charge is 2.37. The van der Waals surface area contributed by atoms with E-state index in [0.717, 1.165) is 12.8 Å². The van der Waals surface area contributed by atoms with E-state index in [2.05, 4.69) is 20.8 Å². The smallest absolute Gasteiger partial charge is 0.346 e. The third-order valence-corrected chi connectivity index (χ3v) is 5.18. The van der Waals surface area contributed by atoms with Crippen molar-refractivity contribution in [1.29, 1.82) is 0 Å².